The highest BCUT2D eigenvalue weighted by Gasteiger charge is 2.13. The molecule has 0 aliphatic carbocycles. The summed E-state index contributed by atoms with van der Waals surface area (Å²) in [4.78, 5) is 16.5. The lowest BCUT2D eigenvalue weighted by Crippen LogP contribution is -2.33. The molecule has 0 bridgehead atoms. The quantitative estimate of drug-likeness (QED) is 0.893. The average Bonchev–Trinajstić information content (AvgIpc) is 2.63. The molecule has 1 unspecified atom stereocenters. The minimum atomic E-state index is -0.0425. The van der Waals surface area contributed by atoms with E-state index in [2.05, 4.69) is 15.6 Å². The second kappa shape index (κ2) is 7.88. The summed E-state index contributed by atoms with van der Waals surface area (Å²) in [5.74, 6) is 0.636. The van der Waals surface area contributed by atoms with Gasteiger partial charge in [-0.3, -0.25) is 9.78 Å². The Labute approximate surface area is 137 Å². The Morgan fingerprint density at radius 2 is 2.09 bits per heavy atom. The van der Waals surface area contributed by atoms with Crippen molar-refractivity contribution < 1.29 is 4.79 Å². The van der Waals surface area contributed by atoms with Crippen LogP contribution in [0.3, 0.4) is 0 Å². The maximum atomic E-state index is 12.3. The van der Waals surface area contributed by atoms with E-state index in [1.807, 2.05) is 36.4 Å². The van der Waals surface area contributed by atoms with Gasteiger partial charge in [-0.05, 0) is 49.9 Å². The van der Waals surface area contributed by atoms with E-state index in [4.69, 9.17) is 0 Å². The van der Waals surface area contributed by atoms with Crippen molar-refractivity contribution in [1.29, 1.82) is 0 Å². The van der Waals surface area contributed by atoms with E-state index in [1.165, 1.54) is 12.8 Å². The zero-order chi connectivity index (χ0) is 15.9. The third-order valence-corrected chi connectivity index (χ3v) is 4.34. The summed E-state index contributed by atoms with van der Waals surface area (Å²) >= 11 is 0. The molecule has 1 saturated heterocycles. The second-order valence-corrected chi connectivity index (χ2v) is 6.09. The van der Waals surface area contributed by atoms with E-state index in [0.29, 0.717) is 11.5 Å². The summed E-state index contributed by atoms with van der Waals surface area (Å²) in [6.45, 7) is 2.92. The van der Waals surface area contributed by atoms with Crippen molar-refractivity contribution >= 4 is 5.91 Å². The van der Waals surface area contributed by atoms with Crippen LogP contribution in [0, 0.1) is 5.92 Å². The highest BCUT2D eigenvalue weighted by Crippen LogP contribution is 2.19. The van der Waals surface area contributed by atoms with Crippen LogP contribution in [-0.4, -0.2) is 30.5 Å². The molecular weight excluding hydrogens is 286 g/mol. The van der Waals surface area contributed by atoms with Crippen LogP contribution in [0.2, 0.25) is 0 Å². The van der Waals surface area contributed by atoms with Crippen LogP contribution in [0.25, 0.3) is 11.1 Å². The van der Waals surface area contributed by atoms with Crippen molar-refractivity contribution in [3.63, 3.8) is 0 Å². The number of nitrogens with zero attached hydrogens (tertiary/aromatic N) is 1. The molecule has 3 rings (SSSR count). The number of carbonyl (C=O) groups is 1. The number of rotatable bonds is 5. The van der Waals surface area contributed by atoms with Crippen molar-refractivity contribution in [3.8, 4) is 11.1 Å². The van der Waals surface area contributed by atoms with E-state index < -0.39 is 0 Å². The smallest absolute Gasteiger partial charge is 0.252 e. The maximum Gasteiger partial charge on any atom is 0.252 e. The average molecular weight is 309 g/mol. The fraction of sp³-hybridized carbons (Fsp3) is 0.368. The van der Waals surface area contributed by atoms with Crippen molar-refractivity contribution in [2.24, 2.45) is 5.92 Å². The first-order valence-electron chi connectivity index (χ1n) is 8.32. The molecule has 1 aromatic heterocycles. The minimum Gasteiger partial charge on any atom is -0.352 e. The summed E-state index contributed by atoms with van der Waals surface area (Å²) in [7, 11) is 0. The van der Waals surface area contributed by atoms with E-state index in [9.17, 15) is 4.79 Å². The molecule has 2 heterocycles. The van der Waals surface area contributed by atoms with Gasteiger partial charge in [-0.2, -0.15) is 0 Å². The van der Waals surface area contributed by atoms with E-state index >= 15 is 0 Å². The van der Waals surface area contributed by atoms with Gasteiger partial charge in [0.1, 0.15) is 0 Å². The van der Waals surface area contributed by atoms with Gasteiger partial charge in [-0.15, -0.1) is 0 Å². The minimum absolute atomic E-state index is 0.0425. The molecule has 120 valence electrons. The third-order valence-electron chi connectivity index (χ3n) is 4.34. The summed E-state index contributed by atoms with van der Waals surface area (Å²) < 4.78 is 0. The number of piperidine rings is 1. The Bertz CT molecular complexity index is 636. The van der Waals surface area contributed by atoms with Crippen molar-refractivity contribution in [2.45, 2.75) is 19.3 Å². The Balaban J connectivity index is 1.57. The molecule has 4 heteroatoms. The Hall–Kier alpha value is -2.20. The molecule has 1 aliphatic heterocycles. The van der Waals surface area contributed by atoms with Crippen LogP contribution in [0.5, 0.6) is 0 Å². The lowest BCUT2D eigenvalue weighted by atomic mass is 9.96. The van der Waals surface area contributed by atoms with Gasteiger partial charge < -0.3 is 10.6 Å². The Kier molecular flexibility index (Phi) is 5.37. The number of aromatic nitrogens is 1. The monoisotopic (exact) mass is 309 g/mol. The van der Waals surface area contributed by atoms with Crippen LogP contribution >= 0.6 is 0 Å². The largest absolute Gasteiger partial charge is 0.352 e. The zero-order valence-corrected chi connectivity index (χ0v) is 13.3. The summed E-state index contributed by atoms with van der Waals surface area (Å²) in [5.41, 5.74) is 2.66. The van der Waals surface area contributed by atoms with Gasteiger partial charge >= 0.3 is 0 Å². The molecule has 2 N–H and O–H groups in total. The van der Waals surface area contributed by atoms with Crippen LogP contribution in [-0.2, 0) is 0 Å². The predicted molar refractivity (Wildman–Crippen MR) is 92.2 cm³/mol. The van der Waals surface area contributed by atoms with Crippen LogP contribution in [0.4, 0.5) is 0 Å². The lowest BCUT2D eigenvalue weighted by Gasteiger charge is -2.22. The highest BCUT2D eigenvalue weighted by atomic mass is 16.1. The van der Waals surface area contributed by atoms with Gasteiger partial charge in [0, 0.05) is 24.5 Å². The number of hydrogen-bond donors (Lipinski definition) is 2. The van der Waals surface area contributed by atoms with Crippen molar-refractivity contribution in [2.75, 3.05) is 19.6 Å². The fourth-order valence-electron chi connectivity index (χ4n) is 3.01. The second-order valence-electron chi connectivity index (χ2n) is 6.09. The first-order chi connectivity index (χ1) is 11.3. The van der Waals surface area contributed by atoms with Gasteiger partial charge in [0.15, 0.2) is 0 Å². The van der Waals surface area contributed by atoms with E-state index in [1.54, 1.807) is 12.4 Å². The van der Waals surface area contributed by atoms with Crippen LogP contribution in [0.15, 0.2) is 48.8 Å². The van der Waals surface area contributed by atoms with Crippen molar-refractivity contribution in [1.82, 2.24) is 15.6 Å². The van der Waals surface area contributed by atoms with Gasteiger partial charge in [0.25, 0.3) is 5.91 Å². The zero-order valence-electron chi connectivity index (χ0n) is 13.3. The first-order valence-corrected chi connectivity index (χ1v) is 8.32. The standard InChI is InChI=1S/C19H23N3O/c23-19(22-10-8-15-5-4-9-20-12-15)18-11-17(13-21-14-18)16-6-2-1-3-7-16/h1-3,6-7,11,13-15,20H,4-5,8-10,12H2,(H,22,23). The molecule has 4 nitrogen and oxygen atoms in total. The Morgan fingerprint density at radius 3 is 2.87 bits per heavy atom. The molecule has 0 radical (unpaired) electrons. The van der Waals surface area contributed by atoms with Gasteiger partial charge in [-0.1, -0.05) is 30.3 Å². The molecule has 1 aliphatic rings. The van der Waals surface area contributed by atoms with Crippen LogP contribution < -0.4 is 10.6 Å². The summed E-state index contributed by atoms with van der Waals surface area (Å²) in [6.07, 6.45) is 6.95. The molecule has 0 saturated carbocycles. The lowest BCUT2D eigenvalue weighted by molar-refractivity contribution is 0.0950. The number of nitrogens with one attached hydrogen (secondary N) is 2. The molecule has 0 spiro atoms. The molecule has 2 aromatic rings. The molecule has 23 heavy (non-hydrogen) atoms. The number of amides is 1. The molecular formula is C19H23N3O. The van der Waals surface area contributed by atoms with Gasteiger partial charge in [0.05, 0.1) is 5.56 Å². The molecule has 1 amide bonds. The number of benzene rings is 1. The van der Waals surface area contributed by atoms with E-state index in [0.717, 1.165) is 37.2 Å². The SMILES string of the molecule is O=C(NCCC1CCCNC1)c1cncc(-c2ccccc2)c1. The predicted octanol–water partition coefficient (Wildman–Crippen LogP) is 2.87. The first kappa shape index (κ1) is 15.7. The molecule has 1 atom stereocenters. The number of pyridine rings is 1. The van der Waals surface area contributed by atoms with Gasteiger partial charge in [0.2, 0.25) is 0 Å². The van der Waals surface area contributed by atoms with Crippen molar-refractivity contribution in [3.05, 3.63) is 54.4 Å². The third kappa shape index (κ3) is 4.39. The maximum absolute atomic E-state index is 12.3. The Morgan fingerprint density at radius 1 is 1.22 bits per heavy atom. The number of hydrogen-bond acceptors (Lipinski definition) is 3. The van der Waals surface area contributed by atoms with Gasteiger partial charge in [-0.25, -0.2) is 0 Å². The summed E-state index contributed by atoms with van der Waals surface area (Å²) in [6, 6.07) is 11.9. The number of carbonyl (C=O) groups excluding carboxylic acids is 1. The normalized spacial score (nSPS) is 17.7. The van der Waals surface area contributed by atoms with E-state index in [-0.39, 0.29) is 5.91 Å². The van der Waals surface area contributed by atoms with Crippen LogP contribution in [0.1, 0.15) is 29.6 Å². The molecule has 1 fully saturated rings. The highest BCUT2D eigenvalue weighted by molar-refractivity contribution is 5.95. The fourth-order valence-corrected chi connectivity index (χ4v) is 3.01. The molecule has 1 aromatic carbocycles. The summed E-state index contributed by atoms with van der Waals surface area (Å²) in [5, 5.41) is 6.43. The topological polar surface area (TPSA) is 54.0 Å².